The minimum atomic E-state index is -1.83. The fraction of sp³-hybridized carbons (Fsp3) is 0.815. The fourth-order valence-corrected chi connectivity index (χ4v) is 5.33. The molecule has 0 aromatic carbocycles. The zero-order valence-electron chi connectivity index (χ0n) is 26.2. The fourth-order valence-electron chi connectivity index (χ4n) is 4.60. The van der Waals surface area contributed by atoms with E-state index in [0.29, 0.717) is 6.04 Å². The maximum Gasteiger partial charge on any atom is 0.303 e. The van der Waals surface area contributed by atoms with Crippen LogP contribution in [0.2, 0.25) is 25.7 Å². The van der Waals surface area contributed by atoms with E-state index in [1.54, 1.807) is 0 Å². The zero-order chi connectivity index (χ0) is 33.4. The summed E-state index contributed by atoms with van der Waals surface area (Å²) in [5, 5.41) is 21.5. The first-order valence-electron chi connectivity index (χ1n) is 14.1. The molecule has 2 rings (SSSR count). The SMILES string of the molecule is CC(=O)OC[C@H]1O[C@H](O[C@@H]2[C@H](OC(C)=O)[C@@H](OC(C)=O)[C@H](OCC[Si](C)(C)C)O[C@@H]2CO)[C@H](O)[C@@H](OC(C)=O)[C@H]1OC(C)=O. The van der Waals surface area contributed by atoms with Gasteiger partial charge in [-0.05, 0) is 6.04 Å². The van der Waals surface area contributed by atoms with Gasteiger partial charge >= 0.3 is 29.8 Å². The molecular formula is C27H44O16Si. The molecule has 2 aliphatic rings. The van der Waals surface area contributed by atoms with Crippen LogP contribution in [0.25, 0.3) is 0 Å². The lowest BCUT2D eigenvalue weighted by Crippen LogP contribution is -2.66. The average molecular weight is 653 g/mol. The van der Waals surface area contributed by atoms with E-state index < -0.39 is 113 Å². The molecule has 0 aromatic rings. The largest absolute Gasteiger partial charge is 0.463 e. The molecule has 0 saturated carbocycles. The van der Waals surface area contributed by atoms with Crippen LogP contribution in [0.3, 0.4) is 0 Å². The maximum absolute atomic E-state index is 12.2. The van der Waals surface area contributed by atoms with Crippen LogP contribution in [-0.2, 0) is 66.6 Å². The van der Waals surface area contributed by atoms with Crippen LogP contribution in [0.4, 0.5) is 0 Å². The van der Waals surface area contributed by atoms with Gasteiger partial charge in [0.15, 0.2) is 37.0 Å². The van der Waals surface area contributed by atoms with Crippen molar-refractivity contribution in [1.29, 1.82) is 0 Å². The Labute approximate surface area is 256 Å². The average Bonchev–Trinajstić information content (AvgIpc) is 2.87. The summed E-state index contributed by atoms with van der Waals surface area (Å²) in [4.78, 5) is 59.7. The monoisotopic (exact) mass is 652 g/mol. The first kappa shape index (κ1) is 37.5. The summed E-state index contributed by atoms with van der Waals surface area (Å²) in [7, 11) is -1.56. The van der Waals surface area contributed by atoms with Crippen molar-refractivity contribution in [2.24, 2.45) is 0 Å². The summed E-state index contributed by atoms with van der Waals surface area (Å²) in [5.74, 6) is -3.92. The Balaban J connectivity index is 2.49. The highest BCUT2D eigenvalue weighted by Crippen LogP contribution is 2.34. The summed E-state index contributed by atoms with van der Waals surface area (Å²) >= 11 is 0. The van der Waals surface area contributed by atoms with Crippen molar-refractivity contribution >= 4 is 37.9 Å². The van der Waals surface area contributed by atoms with Crippen LogP contribution in [-0.4, -0.2) is 129 Å². The van der Waals surface area contributed by atoms with Gasteiger partial charge in [0.05, 0.1) is 6.61 Å². The van der Waals surface area contributed by atoms with E-state index in [-0.39, 0.29) is 6.61 Å². The predicted molar refractivity (Wildman–Crippen MR) is 148 cm³/mol. The van der Waals surface area contributed by atoms with Crippen molar-refractivity contribution in [2.75, 3.05) is 19.8 Å². The lowest BCUT2D eigenvalue weighted by molar-refractivity contribution is -0.360. The molecule has 0 unspecified atom stereocenters. The Morgan fingerprint density at radius 3 is 1.66 bits per heavy atom. The standard InChI is InChI=1S/C27H44O16Si/c1-13(29)36-12-19-22(37-14(2)30)23(38-15(3)31)20(34)26(42-19)43-21-18(11-28)41-27(35-9-10-44(6,7)8)25(40-17(5)33)24(21)39-16(4)32/h18-28,34H,9-12H2,1-8H3/t18-,19-,20-,21+,22+,23-,24+,25-,26-,27-/m1/s1. The third-order valence-corrected chi connectivity index (χ3v) is 8.17. The lowest BCUT2D eigenvalue weighted by Gasteiger charge is -2.48. The van der Waals surface area contributed by atoms with E-state index in [4.69, 9.17) is 42.6 Å². The van der Waals surface area contributed by atoms with Crippen molar-refractivity contribution < 1.29 is 76.8 Å². The van der Waals surface area contributed by atoms with E-state index in [1.165, 1.54) is 0 Å². The van der Waals surface area contributed by atoms with E-state index in [1.807, 2.05) is 0 Å². The van der Waals surface area contributed by atoms with Gasteiger partial charge in [-0.2, -0.15) is 0 Å². The molecule has 2 fully saturated rings. The van der Waals surface area contributed by atoms with Crippen LogP contribution in [0.15, 0.2) is 0 Å². The van der Waals surface area contributed by atoms with Crippen LogP contribution < -0.4 is 0 Å². The Bertz CT molecular complexity index is 1010. The molecular weight excluding hydrogens is 608 g/mol. The minimum Gasteiger partial charge on any atom is -0.463 e. The van der Waals surface area contributed by atoms with Crippen molar-refractivity contribution in [3.63, 3.8) is 0 Å². The summed E-state index contributed by atoms with van der Waals surface area (Å²) in [6, 6.07) is 0.717. The smallest absolute Gasteiger partial charge is 0.303 e. The first-order valence-corrected chi connectivity index (χ1v) is 17.8. The molecule has 0 amide bonds. The molecule has 2 heterocycles. The quantitative estimate of drug-likeness (QED) is 0.150. The Kier molecular flexibility index (Phi) is 14.1. The van der Waals surface area contributed by atoms with Crippen LogP contribution in [0, 0.1) is 0 Å². The van der Waals surface area contributed by atoms with E-state index in [2.05, 4.69) is 19.6 Å². The summed E-state index contributed by atoms with van der Waals surface area (Å²) in [6.07, 6.45) is -14.7. The molecule has 0 bridgehead atoms. The van der Waals surface area contributed by atoms with Gasteiger partial charge in [-0.1, -0.05) is 19.6 Å². The number of esters is 5. The first-order chi connectivity index (χ1) is 20.4. The highest BCUT2D eigenvalue weighted by molar-refractivity contribution is 6.76. The van der Waals surface area contributed by atoms with Crippen LogP contribution >= 0.6 is 0 Å². The summed E-state index contributed by atoms with van der Waals surface area (Å²) in [6.45, 7) is 10.9. The second-order valence-corrected chi connectivity index (χ2v) is 17.3. The second kappa shape index (κ2) is 16.6. The normalized spacial score (nSPS) is 32.2. The Hall–Kier alpha value is -2.67. The van der Waals surface area contributed by atoms with Crippen molar-refractivity contribution in [3.8, 4) is 0 Å². The van der Waals surface area contributed by atoms with Crippen molar-refractivity contribution in [2.45, 2.75) is 122 Å². The van der Waals surface area contributed by atoms with Crippen LogP contribution in [0.5, 0.6) is 0 Å². The van der Waals surface area contributed by atoms with Crippen molar-refractivity contribution in [3.05, 3.63) is 0 Å². The number of carbonyl (C=O) groups is 5. The molecule has 0 aliphatic carbocycles. The topological polar surface area (TPSA) is 209 Å². The maximum atomic E-state index is 12.2. The molecule has 2 aliphatic heterocycles. The Morgan fingerprint density at radius 2 is 1.16 bits per heavy atom. The number of hydrogen-bond donors (Lipinski definition) is 2. The number of aliphatic hydroxyl groups excluding tert-OH is 2. The third-order valence-electron chi connectivity index (χ3n) is 6.47. The number of aliphatic hydroxyl groups is 2. The molecule has 0 radical (unpaired) electrons. The van der Waals surface area contributed by atoms with Gasteiger partial charge in [0.25, 0.3) is 0 Å². The molecule has 44 heavy (non-hydrogen) atoms. The molecule has 252 valence electrons. The Morgan fingerprint density at radius 1 is 0.659 bits per heavy atom. The van der Waals surface area contributed by atoms with Gasteiger partial charge in [0.1, 0.15) is 31.0 Å². The molecule has 17 heteroatoms. The van der Waals surface area contributed by atoms with Gasteiger partial charge < -0.3 is 52.8 Å². The number of carbonyl (C=O) groups excluding carboxylic acids is 5. The van der Waals surface area contributed by atoms with Gasteiger partial charge in [-0.25, -0.2) is 0 Å². The number of rotatable bonds is 13. The van der Waals surface area contributed by atoms with Gasteiger partial charge in [-0.3, -0.25) is 24.0 Å². The lowest BCUT2D eigenvalue weighted by atomic mass is 9.96. The highest BCUT2D eigenvalue weighted by Gasteiger charge is 2.56. The molecule has 16 nitrogen and oxygen atoms in total. The van der Waals surface area contributed by atoms with Crippen LogP contribution in [0.1, 0.15) is 34.6 Å². The van der Waals surface area contributed by atoms with Crippen molar-refractivity contribution in [1.82, 2.24) is 0 Å². The third kappa shape index (κ3) is 11.4. The number of ether oxygens (including phenoxy) is 9. The van der Waals surface area contributed by atoms with E-state index in [0.717, 1.165) is 34.6 Å². The predicted octanol–water partition coefficient (Wildman–Crippen LogP) is -0.181. The van der Waals surface area contributed by atoms with Gasteiger partial charge in [0.2, 0.25) is 0 Å². The highest BCUT2D eigenvalue weighted by atomic mass is 28.3. The zero-order valence-corrected chi connectivity index (χ0v) is 27.2. The molecule has 10 atom stereocenters. The summed E-state index contributed by atoms with van der Waals surface area (Å²) < 4.78 is 50.2. The van der Waals surface area contributed by atoms with E-state index in [9.17, 15) is 34.2 Å². The van der Waals surface area contributed by atoms with Gasteiger partial charge in [-0.15, -0.1) is 0 Å². The molecule has 2 saturated heterocycles. The number of hydrogen-bond acceptors (Lipinski definition) is 16. The molecule has 0 aromatic heterocycles. The summed E-state index contributed by atoms with van der Waals surface area (Å²) in [5.41, 5.74) is 0. The molecule has 0 spiro atoms. The van der Waals surface area contributed by atoms with Gasteiger partial charge in [0, 0.05) is 49.3 Å². The van der Waals surface area contributed by atoms with E-state index >= 15 is 0 Å². The molecule has 2 N–H and O–H groups in total. The second-order valence-electron chi connectivity index (χ2n) is 11.6. The minimum absolute atomic E-state index is 0.221.